The van der Waals surface area contributed by atoms with Gasteiger partial charge in [-0.25, -0.2) is 0 Å². The van der Waals surface area contributed by atoms with Crippen LogP contribution in [-0.2, 0) is 0 Å². The van der Waals surface area contributed by atoms with Gasteiger partial charge >= 0.3 is 0 Å². The van der Waals surface area contributed by atoms with Gasteiger partial charge in [0.15, 0.2) is 0 Å². The molecule has 0 atom stereocenters. The molecule has 0 aliphatic carbocycles. The molecule has 0 aliphatic rings. The summed E-state index contributed by atoms with van der Waals surface area (Å²) in [6, 6.07) is 25.8. The van der Waals surface area contributed by atoms with Crippen molar-refractivity contribution in [2.45, 2.75) is 0 Å². The van der Waals surface area contributed by atoms with Crippen LogP contribution in [0, 0.1) is 11.3 Å². The molecular formula is C23H18N2. The Morgan fingerprint density at radius 3 is 2.20 bits per heavy atom. The number of hydrogen-bond acceptors (Lipinski definition) is 2. The molecule has 120 valence electrons. The molecule has 0 bridgehead atoms. The van der Waals surface area contributed by atoms with Crippen LogP contribution in [0.1, 0.15) is 16.7 Å². The number of hydrogen-bond donors (Lipinski definition) is 1. The Labute approximate surface area is 148 Å². The largest absolute Gasteiger partial charge is 0.356 e. The van der Waals surface area contributed by atoms with Crippen molar-refractivity contribution in [2.75, 3.05) is 5.32 Å². The minimum absolute atomic E-state index is 0.636. The highest BCUT2D eigenvalue weighted by Gasteiger charge is 2.10. The zero-order valence-electron chi connectivity index (χ0n) is 13.9. The first-order chi connectivity index (χ1) is 12.2. The standard InChI is InChI=1S/C23H18N2/c1-3-19-8-4-5-10-22(19)23-11-7-6-9-21(23)17(2)25-20-14-12-18(16-24)13-15-20/h3-15,25H,1-2H2. The first-order valence-electron chi connectivity index (χ1n) is 8.00. The Kier molecular flexibility index (Phi) is 4.78. The summed E-state index contributed by atoms with van der Waals surface area (Å²) in [4.78, 5) is 0. The minimum atomic E-state index is 0.636. The van der Waals surface area contributed by atoms with Gasteiger partial charge < -0.3 is 5.32 Å². The molecule has 0 unspecified atom stereocenters. The molecule has 1 N–H and O–H groups in total. The van der Waals surface area contributed by atoms with E-state index in [1.807, 2.05) is 48.5 Å². The maximum Gasteiger partial charge on any atom is 0.0991 e. The summed E-state index contributed by atoms with van der Waals surface area (Å²) in [5, 5.41) is 12.2. The molecule has 0 fully saturated rings. The normalized spacial score (nSPS) is 9.88. The van der Waals surface area contributed by atoms with Crippen LogP contribution in [0.25, 0.3) is 22.9 Å². The Bertz CT molecular complexity index is 960. The number of anilines is 1. The van der Waals surface area contributed by atoms with Gasteiger partial charge in [-0.3, -0.25) is 0 Å². The average molecular weight is 322 g/mol. The van der Waals surface area contributed by atoms with Gasteiger partial charge in [0.05, 0.1) is 11.6 Å². The quantitative estimate of drug-likeness (QED) is 0.630. The molecule has 3 rings (SSSR count). The first-order valence-corrected chi connectivity index (χ1v) is 8.00. The van der Waals surface area contributed by atoms with Gasteiger partial charge in [0.25, 0.3) is 0 Å². The summed E-state index contributed by atoms with van der Waals surface area (Å²) in [6.07, 6.45) is 1.86. The number of nitrogens with one attached hydrogen (secondary N) is 1. The molecule has 3 aromatic rings. The second kappa shape index (κ2) is 7.33. The molecule has 25 heavy (non-hydrogen) atoms. The summed E-state index contributed by atoms with van der Waals surface area (Å²) in [5.74, 6) is 0. The summed E-state index contributed by atoms with van der Waals surface area (Å²) in [6.45, 7) is 8.11. The van der Waals surface area contributed by atoms with Crippen LogP contribution >= 0.6 is 0 Å². The van der Waals surface area contributed by atoms with E-state index in [0.717, 1.165) is 33.6 Å². The molecule has 2 nitrogen and oxygen atoms in total. The van der Waals surface area contributed by atoms with Crippen LogP contribution in [0.2, 0.25) is 0 Å². The number of benzene rings is 3. The van der Waals surface area contributed by atoms with Crippen LogP contribution in [0.5, 0.6) is 0 Å². The molecule has 0 heterocycles. The number of nitriles is 1. The smallest absolute Gasteiger partial charge is 0.0991 e. The van der Waals surface area contributed by atoms with Crippen LogP contribution in [-0.4, -0.2) is 0 Å². The highest BCUT2D eigenvalue weighted by Crippen LogP contribution is 2.31. The lowest BCUT2D eigenvalue weighted by Gasteiger charge is -2.16. The van der Waals surface area contributed by atoms with Crippen molar-refractivity contribution >= 4 is 17.5 Å². The van der Waals surface area contributed by atoms with Crippen molar-refractivity contribution in [3.63, 3.8) is 0 Å². The molecule has 0 amide bonds. The highest BCUT2D eigenvalue weighted by atomic mass is 14.9. The van der Waals surface area contributed by atoms with E-state index in [9.17, 15) is 0 Å². The highest BCUT2D eigenvalue weighted by molar-refractivity contribution is 5.88. The Hall–Kier alpha value is -3.57. The van der Waals surface area contributed by atoms with E-state index in [1.54, 1.807) is 12.1 Å². The van der Waals surface area contributed by atoms with Crippen molar-refractivity contribution < 1.29 is 0 Å². The number of nitrogens with zero attached hydrogens (tertiary/aromatic N) is 1. The summed E-state index contributed by atoms with van der Waals surface area (Å²) < 4.78 is 0. The van der Waals surface area contributed by atoms with Gasteiger partial charge in [-0.2, -0.15) is 5.26 Å². The lowest BCUT2D eigenvalue weighted by Crippen LogP contribution is -2.00. The van der Waals surface area contributed by atoms with Gasteiger partial charge in [0.1, 0.15) is 0 Å². The molecule has 0 aliphatic heterocycles. The Morgan fingerprint density at radius 1 is 0.880 bits per heavy atom. The fourth-order valence-corrected chi connectivity index (χ4v) is 2.77. The first kappa shape index (κ1) is 16.3. The van der Waals surface area contributed by atoms with Gasteiger partial charge in [-0.15, -0.1) is 0 Å². The third-order valence-electron chi connectivity index (χ3n) is 4.03. The van der Waals surface area contributed by atoms with Crippen LogP contribution in [0.15, 0.2) is 86.0 Å². The molecule has 0 saturated carbocycles. The molecule has 3 aromatic carbocycles. The monoisotopic (exact) mass is 322 g/mol. The van der Waals surface area contributed by atoms with Crippen molar-refractivity contribution in [1.29, 1.82) is 5.26 Å². The zero-order valence-corrected chi connectivity index (χ0v) is 13.9. The van der Waals surface area contributed by atoms with Crippen LogP contribution < -0.4 is 5.32 Å². The van der Waals surface area contributed by atoms with Gasteiger partial charge in [0.2, 0.25) is 0 Å². The van der Waals surface area contributed by atoms with E-state index >= 15 is 0 Å². The second-order valence-electron chi connectivity index (χ2n) is 5.63. The van der Waals surface area contributed by atoms with E-state index < -0.39 is 0 Å². The summed E-state index contributed by atoms with van der Waals surface area (Å²) in [5.41, 5.74) is 6.67. The maximum atomic E-state index is 8.90. The van der Waals surface area contributed by atoms with E-state index in [0.29, 0.717) is 5.56 Å². The van der Waals surface area contributed by atoms with Gasteiger partial charge in [-0.1, -0.05) is 67.8 Å². The third kappa shape index (κ3) is 3.52. The number of rotatable bonds is 5. The second-order valence-corrected chi connectivity index (χ2v) is 5.63. The van der Waals surface area contributed by atoms with Gasteiger partial charge in [0, 0.05) is 16.9 Å². The van der Waals surface area contributed by atoms with Crippen molar-refractivity contribution in [3.8, 4) is 17.2 Å². The molecule has 0 radical (unpaired) electrons. The van der Waals surface area contributed by atoms with E-state index in [2.05, 4.69) is 42.7 Å². The van der Waals surface area contributed by atoms with Gasteiger partial charge in [-0.05, 0) is 41.0 Å². The Morgan fingerprint density at radius 2 is 1.52 bits per heavy atom. The maximum absolute atomic E-state index is 8.90. The molecule has 0 aromatic heterocycles. The fraction of sp³-hybridized carbons (Fsp3) is 0. The van der Waals surface area contributed by atoms with Crippen LogP contribution in [0.3, 0.4) is 0 Å². The van der Waals surface area contributed by atoms with Crippen molar-refractivity contribution in [2.24, 2.45) is 0 Å². The Balaban J connectivity index is 1.96. The zero-order chi connectivity index (χ0) is 17.6. The van der Waals surface area contributed by atoms with Crippen LogP contribution in [0.4, 0.5) is 5.69 Å². The van der Waals surface area contributed by atoms with E-state index in [-0.39, 0.29) is 0 Å². The van der Waals surface area contributed by atoms with Crippen molar-refractivity contribution in [1.82, 2.24) is 0 Å². The van der Waals surface area contributed by atoms with E-state index in [4.69, 9.17) is 5.26 Å². The fourth-order valence-electron chi connectivity index (χ4n) is 2.77. The molecule has 2 heteroatoms. The topological polar surface area (TPSA) is 35.8 Å². The minimum Gasteiger partial charge on any atom is -0.356 e. The third-order valence-corrected chi connectivity index (χ3v) is 4.03. The molecular weight excluding hydrogens is 304 g/mol. The lowest BCUT2D eigenvalue weighted by molar-refractivity contribution is 1.47. The summed E-state index contributed by atoms with van der Waals surface area (Å²) in [7, 11) is 0. The SMILES string of the molecule is C=Cc1ccccc1-c1ccccc1C(=C)Nc1ccc(C#N)cc1. The summed E-state index contributed by atoms with van der Waals surface area (Å²) >= 11 is 0. The van der Waals surface area contributed by atoms with Crippen molar-refractivity contribution in [3.05, 3.63) is 103 Å². The van der Waals surface area contributed by atoms with E-state index in [1.165, 1.54) is 0 Å². The average Bonchev–Trinajstić information content (AvgIpc) is 2.68. The predicted octanol–water partition coefficient (Wildman–Crippen LogP) is 5.95. The molecule has 0 saturated heterocycles. The predicted molar refractivity (Wildman–Crippen MR) is 106 cm³/mol. The lowest BCUT2D eigenvalue weighted by atomic mass is 9.94. The molecule has 0 spiro atoms.